The van der Waals surface area contributed by atoms with Crippen LogP contribution in [0.3, 0.4) is 0 Å². The van der Waals surface area contributed by atoms with Crippen molar-refractivity contribution < 1.29 is 23.8 Å². The predicted octanol–water partition coefficient (Wildman–Crippen LogP) is 3.75. The molecule has 2 aromatic rings. The fraction of sp³-hybridized carbons (Fsp3) is 0.500. The van der Waals surface area contributed by atoms with Gasteiger partial charge in [-0.3, -0.25) is 4.79 Å². The zero-order valence-electron chi connectivity index (χ0n) is 18.8. The van der Waals surface area contributed by atoms with Gasteiger partial charge in [0.25, 0.3) is 5.91 Å². The number of carbonyl (C=O) groups is 2. The zero-order chi connectivity index (χ0) is 22.4. The molecule has 168 valence electrons. The SMILES string of the molecule is CCOc1ccc(CCNC(=O)COC(=O)c2cc(C)n(C3CC3)c2C)cc1OCC. The first-order valence-electron chi connectivity index (χ1n) is 10.9. The highest BCUT2D eigenvalue weighted by molar-refractivity contribution is 5.92. The summed E-state index contributed by atoms with van der Waals surface area (Å²) >= 11 is 0. The number of esters is 1. The van der Waals surface area contributed by atoms with Crippen molar-refractivity contribution >= 4 is 11.9 Å². The number of benzene rings is 1. The maximum Gasteiger partial charge on any atom is 0.340 e. The van der Waals surface area contributed by atoms with Gasteiger partial charge in [0, 0.05) is 24.0 Å². The van der Waals surface area contributed by atoms with Crippen molar-refractivity contribution in [2.45, 2.75) is 53.0 Å². The highest BCUT2D eigenvalue weighted by atomic mass is 16.5. The minimum atomic E-state index is -0.456. The smallest absolute Gasteiger partial charge is 0.340 e. The summed E-state index contributed by atoms with van der Waals surface area (Å²) in [5.74, 6) is 0.638. The molecule has 0 bridgehead atoms. The molecule has 1 saturated carbocycles. The Morgan fingerprint density at radius 2 is 1.77 bits per heavy atom. The first kappa shape index (κ1) is 22.7. The molecule has 0 aliphatic heterocycles. The second-order valence-corrected chi connectivity index (χ2v) is 7.71. The first-order chi connectivity index (χ1) is 14.9. The van der Waals surface area contributed by atoms with Crippen molar-refractivity contribution in [1.82, 2.24) is 9.88 Å². The number of amides is 1. The van der Waals surface area contributed by atoms with Crippen LogP contribution in [0.4, 0.5) is 0 Å². The third kappa shape index (κ3) is 5.81. The van der Waals surface area contributed by atoms with E-state index in [1.54, 1.807) is 0 Å². The molecule has 0 radical (unpaired) electrons. The van der Waals surface area contributed by atoms with Gasteiger partial charge in [-0.25, -0.2) is 4.79 Å². The summed E-state index contributed by atoms with van der Waals surface area (Å²) in [6.45, 7) is 9.03. The van der Waals surface area contributed by atoms with Crippen molar-refractivity contribution in [3.63, 3.8) is 0 Å². The summed E-state index contributed by atoms with van der Waals surface area (Å²) in [7, 11) is 0. The molecule has 31 heavy (non-hydrogen) atoms. The lowest BCUT2D eigenvalue weighted by molar-refractivity contribution is -0.124. The number of aromatic nitrogens is 1. The Labute approximate surface area is 183 Å². The number of ether oxygens (including phenoxy) is 3. The lowest BCUT2D eigenvalue weighted by Gasteiger charge is -2.12. The zero-order valence-corrected chi connectivity index (χ0v) is 18.8. The van der Waals surface area contributed by atoms with Gasteiger partial charge >= 0.3 is 5.97 Å². The quantitative estimate of drug-likeness (QED) is 0.552. The molecule has 0 saturated heterocycles. The number of hydrogen-bond donors (Lipinski definition) is 1. The van der Waals surface area contributed by atoms with Crippen LogP contribution in [0.15, 0.2) is 24.3 Å². The first-order valence-corrected chi connectivity index (χ1v) is 10.9. The number of nitrogens with zero attached hydrogens (tertiary/aromatic N) is 1. The van der Waals surface area contributed by atoms with Gasteiger partial charge in [-0.1, -0.05) is 6.07 Å². The van der Waals surface area contributed by atoms with E-state index in [2.05, 4.69) is 9.88 Å². The standard InChI is InChI=1S/C24H32N2O5/c1-5-29-21-10-7-18(14-22(21)30-6-2)11-12-25-23(27)15-31-24(28)20-13-16(3)26(17(20)4)19-8-9-19/h7,10,13-14,19H,5-6,8-9,11-12,15H2,1-4H3,(H,25,27). The molecule has 1 heterocycles. The molecule has 7 nitrogen and oxygen atoms in total. The predicted molar refractivity (Wildman–Crippen MR) is 118 cm³/mol. The molecule has 0 atom stereocenters. The van der Waals surface area contributed by atoms with Crippen LogP contribution in [0, 0.1) is 13.8 Å². The summed E-state index contributed by atoms with van der Waals surface area (Å²) < 4.78 is 18.6. The lowest BCUT2D eigenvalue weighted by Crippen LogP contribution is -2.30. The molecule has 1 fully saturated rings. The molecule has 1 aromatic carbocycles. The Hall–Kier alpha value is -2.96. The van der Waals surface area contributed by atoms with Gasteiger partial charge in [0.15, 0.2) is 18.1 Å². The molecule has 1 amide bonds. The van der Waals surface area contributed by atoms with Gasteiger partial charge in [0.1, 0.15) is 0 Å². The Balaban J connectivity index is 1.46. The molecule has 1 N–H and O–H groups in total. The summed E-state index contributed by atoms with van der Waals surface area (Å²) in [5, 5.41) is 2.80. The average Bonchev–Trinajstić information content (AvgIpc) is 3.52. The topological polar surface area (TPSA) is 78.8 Å². The van der Waals surface area contributed by atoms with Crippen LogP contribution in [0.2, 0.25) is 0 Å². The van der Waals surface area contributed by atoms with Gasteiger partial charge in [0.05, 0.1) is 18.8 Å². The average molecular weight is 429 g/mol. The van der Waals surface area contributed by atoms with Gasteiger partial charge in [0.2, 0.25) is 0 Å². The molecule has 1 aliphatic carbocycles. The van der Waals surface area contributed by atoms with Crippen molar-refractivity contribution in [2.24, 2.45) is 0 Å². The van der Waals surface area contributed by atoms with E-state index >= 15 is 0 Å². The molecular formula is C24H32N2O5. The van der Waals surface area contributed by atoms with E-state index in [-0.39, 0.29) is 12.5 Å². The van der Waals surface area contributed by atoms with Crippen LogP contribution < -0.4 is 14.8 Å². The van der Waals surface area contributed by atoms with Crippen molar-refractivity contribution in [3.8, 4) is 11.5 Å². The Kier molecular flexibility index (Phi) is 7.60. The normalized spacial score (nSPS) is 13.0. The molecule has 1 aliphatic rings. The highest BCUT2D eigenvalue weighted by Crippen LogP contribution is 2.38. The maximum absolute atomic E-state index is 12.4. The van der Waals surface area contributed by atoms with Gasteiger partial charge < -0.3 is 24.1 Å². The summed E-state index contributed by atoms with van der Waals surface area (Å²) in [4.78, 5) is 24.5. The third-order valence-electron chi connectivity index (χ3n) is 5.29. The minimum absolute atomic E-state index is 0.292. The van der Waals surface area contributed by atoms with Crippen LogP contribution in [-0.2, 0) is 16.0 Å². The van der Waals surface area contributed by atoms with E-state index in [1.165, 1.54) is 0 Å². The number of carbonyl (C=O) groups excluding carboxylic acids is 2. The minimum Gasteiger partial charge on any atom is -0.490 e. The second kappa shape index (κ2) is 10.4. The van der Waals surface area contributed by atoms with Gasteiger partial charge in [-0.15, -0.1) is 0 Å². The Bertz CT molecular complexity index is 930. The lowest BCUT2D eigenvalue weighted by atomic mass is 10.1. The Morgan fingerprint density at radius 3 is 2.45 bits per heavy atom. The van der Waals surface area contributed by atoms with E-state index in [9.17, 15) is 9.59 Å². The van der Waals surface area contributed by atoms with Gasteiger partial charge in [-0.05, 0) is 70.7 Å². The van der Waals surface area contributed by atoms with Crippen molar-refractivity contribution in [1.29, 1.82) is 0 Å². The molecule has 0 unspecified atom stereocenters. The molecular weight excluding hydrogens is 396 g/mol. The fourth-order valence-corrected chi connectivity index (χ4v) is 3.74. The largest absolute Gasteiger partial charge is 0.490 e. The summed E-state index contributed by atoms with van der Waals surface area (Å²) in [5.41, 5.74) is 3.52. The third-order valence-corrected chi connectivity index (χ3v) is 5.29. The summed E-state index contributed by atoms with van der Waals surface area (Å²) in [6, 6.07) is 8.10. The van der Waals surface area contributed by atoms with Crippen LogP contribution in [-0.4, -0.2) is 42.8 Å². The van der Waals surface area contributed by atoms with Crippen molar-refractivity contribution in [3.05, 3.63) is 46.8 Å². The van der Waals surface area contributed by atoms with Crippen LogP contribution in [0.25, 0.3) is 0 Å². The van der Waals surface area contributed by atoms with E-state index in [0.717, 1.165) is 29.8 Å². The van der Waals surface area contributed by atoms with Crippen molar-refractivity contribution in [2.75, 3.05) is 26.4 Å². The second-order valence-electron chi connectivity index (χ2n) is 7.71. The number of hydrogen-bond acceptors (Lipinski definition) is 5. The van der Waals surface area contributed by atoms with E-state index in [4.69, 9.17) is 14.2 Å². The summed E-state index contributed by atoms with van der Waals surface area (Å²) in [6.07, 6.45) is 2.93. The molecule has 0 spiro atoms. The van der Waals surface area contributed by atoms with E-state index in [1.807, 2.05) is 52.0 Å². The number of nitrogens with one attached hydrogen (secondary N) is 1. The molecule has 3 rings (SSSR count). The molecule has 7 heteroatoms. The van der Waals surface area contributed by atoms with Crippen LogP contribution in [0.5, 0.6) is 11.5 Å². The monoisotopic (exact) mass is 428 g/mol. The van der Waals surface area contributed by atoms with E-state index in [0.29, 0.717) is 49.3 Å². The van der Waals surface area contributed by atoms with Gasteiger partial charge in [-0.2, -0.15) is 0 Å². The fourth-order valence-electron chi connectivity index (χ4n) is 3.74. The number of rotatable bonds is 11. The molecule has 1 aromatic heterocycles. The van der Waals surface area contributed by atoms with E-state index < -0.39 is 5.97 Å². The van der Waals surface area contributed by atoms with Crippen LogP contribution in [0.1, 0.15) is 60.0 Å². The van der Waals surface area contributed by atoms with Crippen LogP contribution >= 0.6 is 0 Å². The highest BCUT2D eigenvalue weighted by Gasteiger charge is 2.28. The number of aryl methyl sites for hydroxylation is 1. The Morgan fingerprint density at radius 1 is 1.06 bits per heavy atom. The maximum atomic E-state index is 12.4.